The van der Waals surface area contributed by atoms with E-state index in [4.69, 9.17) is 0 Å². The maximum Gasteiger partial charge on any atom is 0.0233 e. The quantitative estimate of drug-likeness (QED) is 0.653. The molecule has 1 aliphatic carbocycles. The van der Waals surface area contributed by atoms with Gasteiger partial charge in [-0.2, -0.15) is 0 Å². The fourth-order valence-corrected chi connectivity index (χ4v) is 1.43. The molecule has 3 heteroatoms. The Morgan fingerprint density at radius 2 is 2.00 bits per heavy atom. The van der Waals surface area contributed by atoms with Crippen LogP contribution in [0.4, 0.5) is 0 Å². The van der Waals surface area contributed by atoms with Gasteiger partial charge in [0.05, 0.1) is 0 Å². The number of allylic oxidation sites excluding steroid dienone is 5. The zero-order chi connectivity index (χ0) is 12.1. The average Bonchev–Trinajstić information content (AvgIpc) is 2.60. The fraction of sp³-hybridized carbons (Fsp3) is 0.385. The standard InChI is InChI=1S/C13H20N2O/c1-14(2)10-12-7-5-6-11(12)8-9-13(16)15(3)4/h5-9,16H,10H2,1-4H3/p-1/b11-8-,13-9-. The van der Waals surface area contributed by atoms with Gasteiger partial charge < -0.3 is 14.9 Å². The van der Waals surface area contributed by atoms with Crippen LogP contribution in [0.3, 0.4) is 0 Å². The molecule has 0 bridgehead atoms. The third-order valence-electron chi connectivity index (χ3n) is 2.28. The summed E-state index contributed by atoms with van der Waals surface area (Å²) in [4.78, 5) is 3.67. The Kier molecular flexibility index (Phi) is 4.38. The second-order valence-electron chi connectivity index (χ2n) is 4.31. The van der Waals surface area contributed by atoms with Crippen molar-refractivity contribution >= 4 is 0 Å². The highest BCUT2D eigenvalue weighted by molar-refractivity contribution is 5.50. The summed E-state index contributed by atoms with van der Waals surface area (Å²) >= 11 is 0. The Morgan fingerprint density at radius 1 is 1.31 bits per heavy atom. The zero-order valence-corrected chi connectivity index (χ0v) is 10.4. The van der Waals surface area contributed by atoms with Crippen LogP contribution in [0, 0.1) is 0 Å². The summed E-state index contributed by atoms with van der Waals surface area (Å²) in [6, 6.07) is 0. The van der Waals surface area contributed by atoms with Crippen LogP contribution in [-0.2, 0) is 0 Å². The monoisotopic (exact) mass is 219 g/mol. The molecule has 1 rings (SSSR count). The molecule has 0 aliphatic heterocycles. The highest BCUT2D eigenvalue weighted by atomic mass is 16.3. The lowest BCUT2D eigenvalue weighted by Crippen LogP contribution is -2.21. The average molecular weight is 219 g/mol. The van der Waals surface area contributed by atoms with Crippen molar-refractivity contribution < 1.29 is 5.11 Å². The van der Waals surface area contributed by atoms with E-state index in [2.05, 4.69) is 11.0 Å². The van der Waals surface area contributed by atoms with Crippen LogP contribution >= 0.6 is 0 Å². The molecule has 0 heterocycles. The molecule has 0 aromatic heterocycles. The van der Waals surface area contributed by atoms with Gasteiger partial charge in [-0.1, -0.05) is 30.4 Å². The molecule has 3 nitrogen and oxygen atoms in total. The van der Waals surface area contributed by atoms with Gasteiger partial charge in [0, 0.05) is 20.6 Å². The number of hydrogen-bond donors (Lipinski definition) is 0. The summed E-state index contributed by atoms with van der Waals surface area (Å²) in [6.45, 7) is 0.892. The van der Waals surface area contributed by atoms with Gasteiger partial charge in [0.15, 0.2) is 0 Å². The van der Waals surface area contributed by atoms with Crippen LogP contribution < -0.4 is 5.11 Å². The predicted molar refractivity (Wildman–Crippen MR) is 65.6 cm³/mol. The number of likely N-dealkylation sites (N-methyl/N-ethyl adjacent to an activating group) is 1. The van der Waals surface area contributed by atoms with E-state index in [1.807, 2.05) is 32.3 Å². The molecule has 0 N–H and O–H groups in total. The molecule has 0 aromatic rings. The first-order valence-electron chi connectivity index (χ1n) is 5.29. The Balaban J connectivity index is 2.74. The lowest BCUT2D eigenvalue weighted by molar-refractivity contribution is -0.328. The van der Waals surface area contributed by atoms with E-state index in [0.29, 0.717) is 0 Å². The Labute approximate surface area is 97.7 Å². The fourth-order valence-electron chi connectivity index (χ4n) is 1.43. The topological polar surface area (TPSA) is 29.5 Å². The summed E-state index contributed by atoms with van der Waals surface area (Å²) in [7, 11) is 7.56. The zero-order valence-electron chi connectivity index (χ0n) is 10.4. The van der Waals surface area contributed by atoms with Crippen molar-refractivity contribution in [3.8, 4) is 0 Å². The molecular formula is C13H19N2O-. The van der Waals surface area contributed by atoms with Crippen molar-refractivity contribution in [1.82, 2.24) is 9.80 Å². The lowest BCUT2D eigenvalue weighted by Gasteiger charge is -2.21. The van der Waals surface area contributed by atoms with Crippen LogP contribution in [0.2, 0.25) is 0 Å². The molecule has 0 aromatic carbocycles. The maximum atomic E-state index is 11.4. The second kappa shape index (κ2) is 5.56. The van der Waals surface area contributed by atoms with Gasteiger partial charge in [-0.3, -0.25) is 0 Å². The minimum absolute atomic E-state index is 0.0111. The molecule has 0 fully saturated rings. The van der Waals surface area contributed by atoms with Crippen molar-refractivity contribution in [2.45, 2.75) is 0 Å². The van der Waals surface area contributed by atoms with E-state index in [-0.39, 0.29) is 5.88 Å². The van der Waals surface area contributed by atoms with Gasteiger partial charge in [0.25, 0.3) is 0 Å². The highest BCUT2D eigenvalue weighted by Gasteiger charge is 2.06. The lowest BCUT2D eigenvalue weighted by atomic mass is 10.1. The van der Waals surface area contributed by atoms with E-state index < -0.39 is 0 Å². The van der Waals surface area contributed by atoms with Gasteiger partial charge in [-0.15, -0.1) is 0 Å². The summed E-state index contributed by atoms with van der Waals surface area (Å²) in [6.07, 6.45) is 9.60. The van der Waals surface area contributed by atoms with Gasteiger partial charge in [0.1, 0.15) is 0 Å². The van der Waals surface area contributed by atoms with E-state index in [9.17, 15) is 5.11 Å². The normalized spacial score (nSPS) is 18.4. The molecule has 0 unspecified atom stereocenters. The van der Waals surface area contributed by atoms with Crippen LogP contribution in [-0.4, -0.2) is 44.5 Å². The molecule has 0 radical (unpaired) electrons. The molecule has 1 aliphatic rings. The SMILES string of the molecule is CN(C)CC1=CC=C/C1=C/C=C(\[O-])N(C)C. The summed E-state index contributed by atoms with van der Waals surface area (Å²) in [5.74, 6) is 0.0111. The minimum Gasteiger partial charge on any atom is -0.860 e. The third kappa shape index (κ3) is 3.59. The van der Waals surface area contributed by atoms with Gasteiger partial charge in [0.2, 0.25) is 0 Å². The van der Waals surface area contributed by atoms with E-state index >= 15 is 0 Å². The number of rotatable bonds is 4. The Morgan fingerprint density at radius 3 is 2.56 bits per heavy atom. The molecule has 16 heavy (non-hydrogen) atoms. The van der Waals surface area contributed by atoms with E-state index in [1.165, 1.54) is 5.57 Å². The van der Waals surface area contributed by atoms with Gasteiger partial charge >= 0.3 is 0 Å². The van der Waals surface area contributed by atoms with Crippen LogP contribution in [0.5, 0.6) is 0 Å². The maximum absolute atomic E-state index is 11.4. The molecular weight excluding hydrogens is 200 g/mol. The molecule has 0 amide bonds. The van der Waals surface area contributed by atoms with Crippen LogP contribution in [0.1, 0.15) is 0 Å². The molecule has 0 spiro atoms. The first-order valence-corrected chi connectivity index (χ1v) is 5.29. The Hall–Kier alpha value is -1.48. The summed E-state index contributed by atoms with van der Waals surface area (Å²) in [5.41, 5.74) is 2.36. The van der Waals surface area contributed by atoms with Crippen molar-refractivity contribution in [3.63, 3.8) is 0 Å². The first-order chi connectivity index (χ1) is 7.50. The van der Waals surface area contributed by atoms with Crippen LogP contribution in [0.25, 0.3) is 0 Å². The first kappa shape index (κ1) is 12.6. The predicted octanol–water partition coefficient (Wildman–Crippen LogP) is 0.734. The minimum atomic E-state index is 0.0111. The molecule has 88 valence electrons. The van der Waals surface area contributed by atoms with Gasteiger partial charge in [-0.05, 0) is 31.1 Å². The smallest absolute Gasteiger partial charge is 0.0233 e. The van der Waals surface area contributed by atoms with Crippen molar-refractivity contribution in [3.05, 3.63) is 47.4 Å². The van der Waals surface area contributed by atoms with Crippen molar-refractivity contribution in [2.75, 3.05) is 34.7 Å². The molecule has 0 saturated heterocycles. The van der Waals surface area contributed by atoms with E-state index in [0.717, 1.165) is 12.1 Å². The van der Waals surface area contributed by atoms with Gasteiger partial charge in [-0.25, -0.2) is 0 Å². The van der Waals surface area contributed by atoms with Crippen molar-refractivity contribution in [1.29, 1.82) is 0 Å². The third-order valence-corrected chi connectivity index (χ3v) is 2.28. The van der Waals surface area contributed by atoms with E-state index in [1.54, 1.807) is 25.1 Å². The summed E-state index contributed by atoms with van der Waals surface area (Å²) in [5, 5.41) is 11.4. The highest BCUT2D eigenvalue weighted by Crippen LogP contribution is 2.18. The molecule has 0 atom stereocenters. The molecule has 0 saturated carbocycles. The largest absolute Gasteiger partial charge is 0.860 e. The number of nitrogens with zero attached hydrogens (tertiary/aromatic N) is 2. The number of hydrogen-bond acceptors (Lipinski definition) is 3. The summed E-state index contributed by atoms with van der Waals surface area (Å²) < 4.78 is 0. The van der Waals surface area contributed by atoms with Crippen LogP contribution in [0.15, 0.2) is 47.4 Å². The van der Waals surface area contributed by atoms with Crippen molar-refractivity contribution in [2.24, 2.45) is 0 Å². The second-order valence-corrected chi connectivity index (χ2v) is 4.31. The Bertz CT molecular complexity index is 360.